The van der Waals surface area contributed by atoms with Gasteiger partial charge in [0.2, 0.25) is 0 Å². The molecule has 1 aliphatic heterocycles. The van der Waals surface area contributed by atoms with Crippen molar-refractivity contribution in [3.05, 3.63) is 23.9 Å². The molecular formula is C14H23N3O. The van der Waals surface area contributed by atoms with E-state index in [1.807, 2.05) is 0 Å². The Labute approximate surface area is 109 Å². The van der Waals surface area contributed by atoms with Gasteiger partial charge in [-0.25, -0.2) is 4.98 Å². The highest BCUT2D eigenvalue weighted by Crippen LogP contribution is 2.13. The number of nitrogens with one attached hydrogen (secondary N) is 1. The van der Waals surface area contributed by atoms with Crippen molar-refractivity contribution >= 4 is 5.82 Å². The van der Waals surface area contributed by atoms with E-state index in [0.29, 0.717) is 6.04 Å². The van der Waals surface area contributed by atoms with Crippen LogP contribution in [0.5, 0.6) is 0 Å². The lowest BCUT2D eigenvalue weighted by Crippen LogP contribution is -2.27. The number of rotatable bonds is 4. The zero-order chi connectivity index (χ0) is 12.8. The van der Waals surface area contributed by atoms with E-state index in [1.54, 1.807) is 0 Å². The van der Waals surface area contributed by atoms with Crippen molar-refractivity contribution in [2.75, 3.05) is 31.2 Å². The lowest BCUT2D eigenvalue weighted by atomic mass is 10.3. The summed E-state index contributed by atoms with van der Waals surface area (Å²) in [7, 11) is 0. The maximum Gasteiger partial charge on any atom is 0.128 e. The van der Waals surface area contributed by atoms with E-state index in [9.17, 15) is 0 Å². The standard InChI is InChI=1S/C14H23N3O/c1-12(2)15-11-13-5-3-6-14(16-13)17-7-4-9-18-10-8-17/h3,5-6,12,15H,4,7-11H2,1-2H3. The minimum absolute atomic E-state index is 0.488. The lowest BCUT2D eigenvalue weighted by Gasteiger charge is -2.21. The zero-order valence-corrected chi connectivity index (χ0v) is 11.4. The summed E-state index contributed by atoms with van der Waals surface area (Å²) >= 11 is 0. The SMILES string of the molecule is CC(C)NCc1cccc(N2CCCOCC2)n1. The van der Waals surface area contributed by atoms with E-state index in [0.717, 1.165) is 50.8 Å². The molecule has 4 heteroatoms. The molecule has 18 heavy (non-hydrogen) atoms. The van der Waals surface area contributed by atoms with Gasteiger partial charge in [-0.3, -0.25) is 0 Å². The molecule has 0 atom stereocenters. The van der Waals surface area contributed by atoms with Gasteiger partial charge in [0.15, 0.2) is 0 Å². The molecule has 1 fully saturated rings. The van der Waals surface area contributed by atoms with Crippen LogP contribution in [0.25, 0.3) is 0 Å². The molecule has 0 spiro atoms. The molecule has 1 N–H and O–H groups in total. The number of anilines is 1. The Kier molecular flexibility index (Phi) is 4.96. The number of hydrogen-bond donors (Lipinski definition) is 1. The summed E-state index contributed by atoms with van der Waals surface area (Å²) in [6.45, 7) is 8.77. The van der Waals surface area contributed by atoms with Crippen LogP contribution < -0.4 is 10.2 Å². The topological polar surface area (TPSA) is 37.4 Å². The molecule has 1 saturated heterocycles. The van der Waals surface area contributed by atoms with Gasteiger partial charge in [0.05, 0.1) is 12.3 Å². The third kappa shape index (κ3) is 3.96. The minimum Gasteiger partial charge on any atom is -0.380 e. The van der Waals surface area contributed by atoms with Crippen molar-refractivity contribution in [1.29, 1.82) is 0 Å². The average Bonchev–Trinajstić information content (AvgIpc) is 2.65. The summed E-state index contributed by atoms with van der Waals surface area (Å²) in [5.74, 6) is 1.07. The van der Waals surface area contributed by atoms with E-state index >= 15 is 0 Å². The first-order valence-corrected chi connectivity index (χ1v) is 6.78. The quantitative estimate of drug-likeness (QED) is 0.883. The predicted molar refractivity (Wildman–Crippen MR) is 73.9 cm³/mol. The second kappa shape index (κ2) is 6.71. The second-order valence-corrected chi connectivity index (χ2v) is 4.98. The fourth-order valence-corrected chi connectivity index (χ4v) is 2.03. The van der Waals surface area contributed by atoms with Crippen LogP contribution in [0.3, 0.4) is 0 Å². The zero-order valence-electron chi connectivity index (χ0n) is 11.4. The van der Waals surface area contributed by atoms with Crippen LogP contribution in [0.15, 0.2) is 18.2 Å². The van der Waals surface area contributed by atoms with E-state index < -0.39 is 0 Å². The number of nitrogens with zero attached hydrogens (tertiary/aromatic N) is 2. The molecular weight excluding hydrogens is 226 g/mol. The van der Waals surface area contributed by atoms with E-state index in [4.69, 9.17) is 9.72 Å². The van der Waals surface area contributed by atoms with Crippen molar-refractivity contribution in [2.24, 2.45) is 0 Å². The summed E-state index contributed by atoms with van der Waals surface area (Å²) in [6.07, 6.45) is 1.08. The Hall–Kier alpha value is -1.13. The number of pyridine rings is 1. The molecule has 2 rings (SSSR count). The van der Waals surface area contributed by atoms with E-state index in [-0.39, 0.29) is 0 Å². The number of ether oxygens (including phenoxy) is 1. The van der Waals surface area contributed by atoms with Crippen LogP contribution in [-0.2, 0) is 11.3 Å². The smallest absolute Gasteiger partial charge is 0.128 e. The summed E-state index contributed by atoms with van der Waals surface area (Å²) in [5, 5.41) is 3.40. The number of hydrogen-bond acceptors (Lipinski definition) is 4. The van der Waals surface area contributed by atoms with Crippen LogP contribution in [0, 0.1) is 0 Å². The monoisotopic (exact) mass is 249 g/mol. The maximum atomic E-state index is 5.47. The van der Waals surface area contributed by atoms with Crippen LogP contribution in [-0.4, -0.2) is 37.3 Å². The normalized spacial score (nSPS) is 16.9. The van der Waals surface area contributed by atoms with Crippen molar-refractivity contribution in [2.45, 2.75) is 32.9 Å². The molecule has 2 heterocycles. The molecule has 100 valence electrons. The van der Waals surface area contributed by atoms with Crippen molar-refractivity contribution in [3.63, 3.8) is 0 Å². The fraction of sp³-hybridized carbons (Fsp3) is 0.643. The highest BCUT2D eigenvalue weighted by atomic mass is 16.5. The minimum atomic E-state index is 0.488. The molecule has 1 aromatic heterocycles. The molecule has 0 aromatic carbocycles. The van der Waals surface area contributed by atoms with Gasteiger partial charge in [0.1, 0.15) is 5.82 Å². The van der Waals surface area contributed by atoms with Crippen molar-refractivity contribution < 1.29 is 4.74 Å². The fourth-order valence-electron chi connectivity index (χ4n) is 2.03. The lowest BCUT2D eigenvalue weighted by molar-refractivity contribution is 0.152. The third-order valence-corrected chi connectivity index (χ3v) is 3.03. The Morgan fingerprint density at radius 1 is 1.33 bits per heavy atom. The third-order valence-electron chi connectivity index (χ3n) is 3.03. The summed E-state index contributed by atoms with van der Waals surface area (Å²) in [5.41, 5.74) is 1.10. The van der Waals surface area contributed by atoms with Gasteiger partial charge in [0.25, 0.3) is 0 Å². The predicted octanol–water partition coefficient (Wildman–Crippen LogP) is 1.81. The molecule has 0 unspecified atom stereocenters. The van der Waals surface area contributed by atoms with E-state index in [1.165, 1.54) is 0 Å². The van der Waals surface area contributed by atoms with Crippen molar-refractivity contribution in [3.8, 4) is 0 Å². The largest absolute Gasteiger partial charge is 0.380 e. The first-order chi connectivity index (χ1) is 8.75. The Balaban J connectivity index is 2.01. The van der Waals surface area contributed by atoms with Gasteiger partial charge in [-0.15, -0.1) is 0 Å². The van der Waals surface area contributed by atoms with Crippen LogP contribution in [0.1, 0.15) is 26.0 Å². The second-order valence-electron chi connectivity index (χ2n) is 4.98. The Bertz CT molecular complexity index is 360. The first kappa shape index (κ1) is 13.3. The summed E-state index contributed by atoms with van der Waals surface area (Å²) in [6, 6.07) is 6.74. The molecule has 0 aliphatic carbocycles. The van der Waals surface area contributed by atoms with Crippen molar-refractivity contribution in [1.82, 2.24) is 10.3 Å². The van der Waals surface area contributed by atoms with Crippen LogP contribution in [0.4, 0.5) is 5.82 Å². The Morgan fingerprint density at radius 2 is 2.22 bits per heavy atom. The van der Waals surface area contributed by atoms with Crippen LogP contribution in [0.2, 0.25) is 0 Å². The highest BCUT2D eigenvalue weighted by Gasteiger charge is 2.11. The van der Waals surface area contributed by atoms with Crippen LogP contribution >= 0.6 is 0 Å². The molecule has 0 saturated carbocycles. The molecule has 0 radical (unpaired) electrons. The molecule has 1 aliphatic rings. The van der Waals surface area contributed by atoms with Gasteiger partial charge in [0, 0.05) is 32.3 Å². The maximum absolute atomic E-state index is 5.47. The van der Waals surface area contributed by atoms with Gasteiger partial charge in [-0.2, -0.15) is 0 Å². The Morgan fingerprint density at radius 3 is 3.06 bits per heavy atom. The molecule has 1 aromatic rings. The van der Waals surface area contributed by atoms with Gasteiger partial charge in [-0.05, 0) is 18.6 Å². The van der Waals surface area contributed by atoms with Gasteiger partial charge in [-0.1, -0.05) is 19.9 Å². The number of aromatic nitrogens is 1. The summed E-state index contributed by atoms with van der Waals surface area (Å²) in [4.78, 5) is 7.03. The molecule has 0 amide bonds. The summed E-state index contributed by atoms with van der Waals surface area (Å²) < 4.78 is 5.47. The first-order valence-electron chi connectivity index (χ1n) is 6.78. The van der Waals surface area contributed by atoms with E-state index in [2.05, 4.69) is 42.3 Å². The molecule has 4 nitrogen and oxygen atoms in total. The highest BCUT2D eigenvalue weighted by molar-refractivity contribution is 5.39. The molecule has 0 bridgehead atoms. The average molecular weight is 249 g/mol. The van der Waals surface area contributed by atoms with Gasteiger partial charge < -0.3 is 15.0 Å². The van der Waals surface area contributed by atoms with Gasteiger partial charge >= 0.3 is 0 Å².